The molecule has 2 nitrogen and oxygen atoms in total. The zero-order valence-electron chi connectivity index (χ0n) is 12.7. The van der Waals surface area contributed by atoms with Crippen LogP contribution in [0.2, 0.25) is 0 Å². The minimum atomic E-state index is -0.198. The smallest absolute Gasteiger partial charge is 0.123 e. The summed E-state index contributed by atoms with van der Waals surface area (Å²) in [6.45, 7) is 8.01. The molecule has 0 radical (unpaired) electrons. The van der Waals surface area contributed by atoms with Crippen LogP contribution in [-0.4, -0.2) is 24.5 Å². The van der Waals surface area contributed by atoms with Gasteiger partial charge in [0.25, 0.3) is 0 Å². The molecule has 1 atom stereocenters. The fourth-order valence-electron chi connectivity index (χ4n) is 3.07. The van der Waals surface area contributed by atoms with Gasteiger partial charge in [-0.05, 0) is 68.4 Å². The molecule has 3 heteroatoms. The largest absolute Gasteiger partial charge is 0.324 e. The van der Waals surface area contributed by atoms with Crippen LogP contribution >= 0.6 is 0 Å². The molecular formula is C17H27FN2. The van der Waals surface area contributed by atoms with Crippen molar-refractivity contribution in [3.05, 3.63) is 35.6 Å². The summed E-state index contributed by atoms with van der Waals surface area (Å²) in [7, 11) is 0. The third-order valence-electron chi connectivity index (χ3n) is 4.61. The van der Waals surface area contributed by atoms with Crippen LogP contribution in [0.4, 0.5) is 4.39 Å². The molecule has 2 rings (SSSR count). The summed E-state index contributed by atoms with van der Waals surface area (Å²) < 4.78 is 13.2. The first-order valence-electron chi connectivity index (χ1n) is 7.79. The standard InChI is InChI=1S/C17H27FN2/c1-13(2)14-6-9-20(10-7-14)11-8-17(19)15-4-3-5-16(18)12-15/h3-5,12-14,17H,6-11,19H2,1-2H3. The molecule has 1 aromatic carbocycles. The van der Waals surface area contributed by atoms with E-state index in [4.69, 9.17) is 5.73 Å². The van der Waals surface area contributed by atoms with Crippen LogP contribution in [0.1, 0.15) is 44.7 Å². The molecule has 1 unspecified atom stereocenters. The number of likely N-dealkylation sites (tertiary alicyclic amines) is 1. The zero-order valence-corrected chi connectivity index (χ0v) is 12.7. The van der Waals surface area contributed by atoms with Crippen molar-refractivity contribution in [2.24, 2.45) is 17.6 Å². The summed E-state index contributed by atoms with van der Waals surface area (Å²) >= 11 is 0. The second-order valence-electron chi connectivity index (χ2n) is 6.37. The van der Waals surface area contributed by atoms with E-state index in [2.05, 4.69) is 18.7 Å². The Hall–Kier alpha value is -0.930. The van der Waals surface area contributed by atoms with Gasteiger partial charge in [0.05, 0.1) is 0 Å². The lowest BCUT2D eigenvalue weighted by Gasteiger charge is -2.34. The lowest BCUT2D eigenvalue weighted by Crippen LogP contribution is -2.36. The lowest BCUT2D eigenvalue weighted by atomic mass is 9.86. The molecule has 0 saturated carbocycles. The third kappa shape index (κ3) is 4.29. The van der Waals surface area contributed by atoms with Crippen molar-refractivity contribution in [1.82, 2.24) is 4.90 Å². The molecule has 20 heavy (non-hydrogen) atoms. The second-order valence-corrected chi connectivity index (χ2v) is 6.37. The van der Waals surface area contributed by atoms with Crippen LogP contribution in [0.3, 0.4) is 0 Å². The minimum Gasteiger partial charge on any atom is -0.324 e. The van der Waals surface area contributed by atoms with E-state index < -0.39 is 0 Å². The molecule has 1 fully saturated rings. The number of benzene rings is 1. The Bertz CT molecular complexity index is 411. The van der Waals surface area contributed by atoms with Gasteiger partial charge in [0, 0.05) is 6.04 Å². The van der Waals surface area contributed by atoms with Gasteiger partial charge in [-0.15, -0.1) is 0 Å². The van der Waals surface area contributed by atoms with E-state index in [0.29, 0.717) is 0 Å². The summed E-state index contributed by atoms with van der Waals surface area (Å²) in [5.41, 5.74) is 7.07. The van der Waals surface area contributed by atoms with Gasteiger partial charge >= 0.3 is 0 Å². The normalized spacial score (nSPS) is 19.4. The number of halogens is 1. The number of piperidine rings is 1. The van der Waals surface area contributed by atoms with Gasteiger partial charge in [-0.1, -0.05) is 26.0 Å². The number of hydrogen-bond donors (Lipinski definition) is 1. The first-order valence-corrected chi connectivity index (χ1v) is 7.79. The highest BCUT2D eigenvalue weighted by molar-refractivity contribution is 5.19. The van der Waals surface area contributed by atoms with Crippen LogP contribution < -0.4 is 5.73 Å². The highest BCUT2D eigenvalue weighted by Crippen LogP contribution is 2.25. The Balaban J connectivity index is 1.76. The SMILES string of the molecule is CC(C)C1CCN(CCC(N)c2cccc(F)c2)CC1. The summed E-state index contributed by atoms with van der Waals surface area (Å²) in [4.78, 5) is 2.50. The Morgan fingerprint density at radius 1 is 1.30 bits per heavy atom. The first-order chi connectivity index (χ1) is 9.56. The molecule has 1 aromatic rings. The van der Waals surface area contributed by atoms with Crippen molar-refractivity contribution in [3.63, 3.8) is 0 Å². The number of rotatable bonds is 5. The van der Waals surface area contributed by atoms with E-state index in [9.17, 15) is 4.39 Å². The van der Waals surface area contributed by atoms with Gasteiger partial charge in [0.15, 0.2) is 0 Å². The molecule has 1 heterocycles. The first kappa shape index (κ1) is 15.5. The second kappa shape index (κ2) is 7.19. The van der Waals surface area contributed by atoms with Gasteiger partial charge < -0.3 is 10.6 Å². The molecule has 0 amide bonds. The Kier molecular flexibility index (Phi) is 5.55. The third-order valence-corrected chi connectivity index (χ3v) is 4.61. The Morgan fingerprint density at radius 3 is 2.60 bits per heavy atom. The maximum Gasteiger partial charge on any atom is 0.123 e. The molecule has 0 bridgehead atoms. The van der Waals surface area contributed by atoms with Gasteiger partial charge in [-0.25, -0.2) is 4.39 Å². The maximum atomic E-state index is 13.2. The molecule has 112 valence electrons. The van der Waals surface area contributed by atoms with Gasteiger partial charge in [0.1, 0.15) is 5.82 Å². The summed E-state index contributed by atoms with van der Waals surface area (Å²) in [6, 6.07) is 6.61. The maximum absolute atomic E-state index is 13.2. The molecule has 0 aliphatic carbocycles. The summed E-state index contributed by atoms with van der Waals surface area (Å²) in [5, 5.41) is 0. The zero-order chi connectivity index (χ0) is 14.5. The molecular weight excluding hydrogens is 251 g/mol. The van der Waals surface area contributed by atoms with E-state index in [0.717, 1.165) is 30.4 Å². The van der Waals surface area contributed by atoms with Crippen LogP contribution in [0.15, 0.2) is 24.3 Å². The van der Waals surface area contributed by atoms with Crippen LogP contribution in [0.25, 0.3) is 0 Å². The Labute approximate surface area is 122 Å². The van der Waals surface area contributed by atoms with Crippen molar-refractivity contribution in [2.75, 3.05) is 19.6 Å². The van der Waals surface area contributed by atoms with E-state index in [1.165, 1.54) is 32.0 Å². The minimum absolute atomic E-state index is 0.0616. The summed E-state index contributed by atoms with van der Waals surface area (Å²) in [5.74, 6) is 1.48. The van der Waals surface area contributed by atoms with Crippen molar-refractivity contribution in [3.8, 4) is 0 Å². The molecule has 2 N–H and O–H groups in total. The van der Waals surface area contributed by atoms with E-state index in [1.54, 1.807) is 12.1 Å². The fraction of sp³-hybridized carbons (Fsp3) is 0.647. The predicted molar refractivity (Wildman–Crippen MR) is 81.9 cm³/mol. The average molecular weight is 278 g/mol. The van der Waals surface area contributed by atoms with Gasteiger partial charge in [0.2, 0.25) is 0 Å². The fourth-order valence-corrected chi connectivity index (χ4v) is 3.07. The van der Waals surface area contributed by atoms with Crippen molar-refractivity contribution in [2.45, 2.75) is 39.2 Å². The molecule has 1 saturated heterocycles. The van der Waals surface area contributed by atoms with E-state index >= 15 is 0 Å². The van der Waals surface area contributed by atoms with E-state index in [1.807, 2.05) is 6.07 Å². The lowest BCUT2D eigenvalue weighted by molar-refractivity contribution is 0.154. The quantitative estimate of drug-likeness (QED) is 0.892. The van der Waals surface area contributed by atoms with Crippen LogP contribution in [0, 0.1) is 17.7 Å². The highest BCUT2D eigenvalue weighted by Gasteiger charge is 2.21. The van der Waals surface area contributed by atoms with Crippen molar-refractivity contribution < 1.29 is 4.39 Å². The molecule has 1 aliphatic heterocycles. The monoisotopic (exact) mass is 278 g/mol. The highest BCUT2D eigenvalue weighted by atomic mass is 19.1. The predicted octanol–water partition coefficient (Wildman–Crippen LogP) is 3.58. The molecule has 0 spiro atoms. The van der Waals surface area contributed by atoms with Crippen LogP contribution in [-0.2, 0) is 0 Å². The van der Waals surface area contributed by atoms with Crippen molar-refractivity contribution >= 4 is 0 Å². The van der Waals surface area contributed by atoms with E-state index in [-0.39, 0.29) is 11.9 Å². The average Bonchev–Trinajstić information content (AvgIpc) is 2.45. The number of hydrogen-bond acceptors (Lipinski definition) is 2. The molecule has 1 aliphatic rings. The van der Waals surface area contributed by atoms with Crippen LogP contribution in [0.5, 0.6) is 0 Å². The topological polar surface area (TPSA) is 29.3 Å². The Morgan fingerprint density at radius 2 is 2.00 bits per heavy atom. The van der Waals surface area contributed by atoms with Gasteiger partial charge in [-0.3, -0.25) is 0 Å². The van der Waals surface area contributed by atoms with Crippen molar-refractivity contribution in [1.29, 1.82) is 0 Å². The molecule has 0 aromatic heterocycles. The number of nitrogens with two attached hydrogens (primary N) is 1. The number of nitrogens with zero attached hydrogens (tertiary/aromatic N) is 1. The van der Waals surface area contributed by atoms with Gasteiger partial charge in [-0.2, -0.15) is 0 Å². The summed E-state index contributed by atoms with van der Waals surface area (Å²) in [6.07, 6.45) is 3.50.